The van der Waals surface area contributed by atoms with Crippen LogP contribution < -0.4 is 10.6 Å². The van der Waals surface area contributed by atoms with Crippen molar-refractivity contribution in [1.82, 2.24) is 15.5 Å². The Hall–Kier alpha value is -1.14. The summed E-state index contributed by atoms with van der Waals surface area (Å²) in [6, 6.07) is 0.604. The van der Waals surface area contributed by atoms with E-state index in [9.17, 15) is 9.59 Å². The third-order valence-electron chi connectivity index (χ3n) is 4.86. The molecule has 2 amide bonds. The predicted octanol–water partition coefficient (Wildman–Crippen LogP) is 0.910. The van der Waals surface area contributed by atoms with Crippen molar-refractivity contribution in [1.29, 1.82) is 0 Å². The van der Waals surface area contributed by atoms with Crippen molar-refractivity contribution in [2.24, 2.45) is 5.92 Å². The van der Waals surface area contributed by atoms with Gasteiger partial charge in [0.2, 0.25) is 11.8 Å². The Labute approximate surface area is 139 Å². The van der Waals surface area contributed by atoms with Crippen molar-refractivity contribution in [2.75, 3.05) is 39.9 Å². The van der Waals surface area contributed by atoms with Gasteiger partial charge in [0, 0.05) is 45.8 Å². The zero-order valence-electron chi connectivity index (χ0n) is 14.3. The maximum Gasteiger partial charge on any atom is 0.225 e. The fraction of sp³-hybridized carbons (Fsp3) is 0.882. The summed E-state index contributed by atoms with van der Waals surface area (Å²) in [5, 5.41) is 6.51. The van der Waals surface area contributed by atoms with Gasteiger partial charge < -0.3 is 20.3 Å². The summed E-state index contributed by atoms with van der Waals surface area (Å²) >= 11 is 0. The fourth-order valence-corrected chi connectivity index (χ4v) is 3.46. The molecule has 0 radical (unpaired) electrons. The van der Waals surface area contributed by atoms with Crippen molar-refractivity contribution >= 4 is 11.8 Å². The van der Waals surface area contributed by atoms with Crippen LogP contribution in [0.15, 0.2) is 0 Å². The Kier molecular flexibility index (Phi) is 7.82. The highest BCUT2D eigenvalue weighted by molar-refractivity contribution is 5.89. The highest BCUT2D eigenvalue weighted by atomic mass is 16.5. The molecular weight excluding hydrogens is 294 g/mol. The number of nitrogens with one attached hydrogen (secondary N) is 2. The van der Waals surface area contributed by atoms with Crippen molar-refractivity contribution in [3.8, 4) is 0 Å². The number of rotatable bonds is 8. The molecule has 6 nitrogen and oxygen atoms in total. The molecule has 2 fully saturated rings. The molecule has 1 aliphatic carbocycles. The van der Waals surface area contributed by atoms with Gasteiger partial charge in [0.05, 0.1) is 12.5 Å². The van der Waals surface area contributed by atoms with Crippen LogP contribution in [0.2, 0.25) is 0 Å². The molecule has 6 heteroatoms. The molecule has 1 unspecified atom stereocenters. The molecule has 0 bridgehead atoms. The van der Waals surface area contributed by atoms with Gasteiger partial charge in [-0.25, -0.2) is 0 Å². The highest BCUT2D eigenvalue weighted by Crippen LogP contribution is 2.18. The summed E-state index contributed by atoms with van der Waals surface area (Å²) in [6.07, 6.45) is 8.15. The topological polar surface area (TPSA) is 70.7 Å². The molecule has 0 aromatic carbocycles. The van der Waals surface area contributed by atoms with E-state index in [0.29, 0.717) is 38.7 Å². The van der Waals surface area contributed by atoms with E-state index in [1.807, 2.05) is 0 Å². The van der Waals surface area contributed by atoms with Gasteiger partial charge in [0.15, 0.2) is 0 Å². The van der Waals surface area contributed by atoms with Gasteiger partial charge in [-0.1, -0.05) is 25.7 Å². The Morgan fingerprint density at radius 1 is 1.22 bits per heavy atom. The Balaban J connectivity index is 1.60. The lowest BCUT2D eigenvalue weighted by atomic mass is 10.1. The molecule has 1 aliphatic heterocycles. The summed E-state index contributed by atoms with van der Waals surface area (Å²) in [4.78, 5) is 25.7. The molecule has 23 heavy (non-hydrogen) atoms. The number of hydrogen-bond donors (Lipinski definition) is 2. The average Bonchev–Trinajstić information content (AvgIpc) is 2.75. The molecule has 0 spiro atoms. The summed E-state index contributed by atoms with van der Waals surface area (Å²) in [5.41, 5.74) is 0. The molecule has 1 heterocycles. The molecule has 1 saturated heterocycles. The lowest BCUT2D eigenvalue weighted by Crippen LogP contribution is -2.39. The molecule has 0 aromatic rings. The molecule has 1 atom stereocenters. The van der Waals surface area contributed by atoms with Gasteiger partial charge in [0.1, 0.15) is 0 Å². The third-order valence-corrected chi connectivity index (χ3v) is 4.86. The average molecular weight is 325 g/mol. The van der Waals surface area contributed by atoms with E-state index in [4.69, 9.17) is 4.74 Å². The first-order valence-corrected chi connectivity index (χ1v) is 8.98. The Morgan fingerprint density at radius 2 is 1.96 bits per heavy atom. The first-order valence-electron chi connectivity index (χ1n) is 8.98. The van der Waals surface area contributed by atoms with Crippen LogP contribution in [0.25, 0.3) is 0 Å². The summed E-state index contributed by atoms with van der Waals surface area (Å²) in [7, 11) is 1.62. The van der Waals surface area contributed by atoms with Crippen LogP contribution in [0.4, 0.5) is 0 Å². The van der Waals surface area contributed by atoms with E-state index in [1.165, 1.54) is 38.5 Å². The molecule has 1 saturated carbocycles. The van der Waals surface area contributed by atoms with Crippen molar-refractivity contribution < 1.29 is 14.3 Å². The van der Waals surface area contributed by atoms with Gasteiger partial charge in [0.25, 0.3) is 0 Å². The lowest BCUT2D eigenvalue weighted by Gasteiger charge is -2.17. The molecule has 2 aliphatic rings. The number of carbonyl (C=O) groups excluding carboxylic acids is 2. The summed E-state index contributed by atoms with van der Waals surface area (Å²) < 4.78 is 4.99. The number of methoxy groups -OCH3 is 1. The first-order chi connectivity index (χ1) is 11.2. The number of ether oxygens (including phenoxy) is 1. The minimum absolute atomic E-state index is 0.000864. The molecule has 0 aromatic heterocycles. The maximum absolute atomic E-state index is 12.2. The van der Waals surface area contributed by atoms with E-state index < -0.39 is 0 Å². The SMILES string of the molecule is COCCN1CC(C(=O)NCCNC2CCCCCC2)CC1=O. The van der Waals surface area contributed by atoms with Crippen LogP contribution in [0.5, 0.6) is 0 Å². The minimum atomic E-state index is -0.211. The van der Waals surface area contributed by atoms with Crippen LogP contribution >= 0.6 is 0 Å². The quantitative estimate of drug-likeness (QED) is 0.514. The third kappa shape index (κ3) is 6.11. The first kappa shape index (κ1) is 18.2. The number of amides is 2. The predicted molar refractivity (Wildman–Crippen MR) is 89.1 cm³/mol. The number of carbonyl (C=O) groups is 2. The Morgan fingerprint density at radius 3 is 2.65 bits per heavy atom. The summed E-state index contributed by atoms with van der Waals surface area (Å²) in [5.74, 6) is -0.156. The van der Waals surface area contributed by atoms with E-state index >= 15 is 0 Å². The van der Waals surface area contributed by atoms with E-state index in [1.54, 1.807) is 12.0 Å². The number of nitrogens with zero attached hydrogens (tertiary/aromatic N) is 1. The van der Waals surface area contributed by atoms with Crippen LogP contribution in [-0.2, 0) is 14.3 Å². The second-order valence-electron chi connectivity index (χ2n) is 6.67. The van der Waals surface area contributed by atoms with Gasteiger partial charge in [-0.3, -0.25) is 9.59 Å². The van der Waals surface area contributed by atoms with Crippen LogP contribution in [0, 0.1) is 5.92 Å². The van der Waals surface area contributed by atoms with Crippen LogP contribution in [0.3, 0.4) is 0 Å². The molecule has 2 N–H and O–H groups in total. The van der Waals surface area contributed by atoms with Crippen molar-refractivity contribution in [3.05, 3.63) is 0 Å². The number of hydrogen-bond acceptors (Lipinski definition) is 4. The van der Waals surface area contributed by atoms with Gasteiger partial charge in [-0.05, 0) is 12.8 Å². The zero-order valence-corrected chi connectivity index (χ0v) is 14.3. The second kappa shape index (κ2) is 9.88. The molecule has 132 valence electrons. The molecular formula is C17H31N3O3. The Bertz CT molecular complexity index is 381. The van der Waals surface area contributed by atoms with Crippen molar-refractivity contribution in [3.63, 3.8) is 0 Å². The van der Waals surface area contributed by atoms with Crippen LogP contribution in [-0.4, -0.2) is 62.7 Å². The lowest BCUT2D eigenvalue weighted by molar-refractivity contribution is -0.129. The van der Waals surface area contributed by atoms with Gasteiger partial charge in [-0.2, -0.15) is 0 Å². The van der Waals surface area contributed by atoms with E-state index in [-0.39, 0.29) is 17.7 Å². The van der Waals surface area contributed by atoms with Gasteiger partial charge in [-0.15, -0.1) is 0 Å². The maximum atomic E-state index is 12.2. The van der Waals surface area contributed by atoms with Crippen LogP contribution in [0.1, 0.15) is 44.9 Å². The van der Waals surface area contributed by atoms with Gasteiger partial charge >= 0.3 is 0 Å². The largest absolute Gasteiger partial charge is 0.383 e. The zero-order chi connectivity index (χ0) is 16.5. The minimum Gasteiger partial charge on any atom is -0.383 e. The highest BCUT2D eigenvalue weighted by Gasteiger charge is 2.33. The fourth-order valence-electron chi connectivity index (χ4n) is 3.46. The normalized spacial score (nSPS) is 23.1. The van der Waals surface area contributed by atoms with Crippen molar-refractivity contribution in [2.45, 2.75) is 51.0 Å². The standard InChI is InChI=1S/C17H31N3O3/c1-23-11-10-20-13-14(12-16(20)21)17(22)19-9-8-18-15-6-4-2-3-5-7-15/h14-15,18H,2-13H2,1H3,(H,19,22). The second-order valence-corrected chi connectivity index (χ2v) is 6.67. The smallest absolute Gasteiger partial charge is 0.225 e. The summed E-state index contributed by atoms with van der Waals surface area (Å²) in [6.45, 7) is 3.06. The van der Waals surface area contributed by atoms with E-state index in [2.05, 4.69) is 10.6 Å². The monoisotopic (exact) mass is 325 g/mol. The molecule has 2 rings (SSSR count). The number of likely N-dealkylation sites (tertiary alicyclic amines) is 1. The van der Waals surface area contributed by atoms with E-state index in [0.717, 1.165) is 6.54 Å².